The molecule has 1 heterocycles. The first kappa shape index (κ1) is 30.1. The van der Waals surface area contributed by atoms with Gasteiger partial charge in [0.15, 0.2) is 0 Å². The molecule has 1 aliphatic rings. The SMILES string of the molecule is CC(C)NC(=O)Nc1ccc2c(c1)C(=O)N([C@H](C)CO)C[C@H](C)[C@@H](CN(C)Cc1ccc(-c3ccccc3)cc1)O2. The molecule has 3 atom stereocenters. The second kappa shape index (κ2) is 13.7. The van der Waals surface area contributed by atoms with Crippen LogP contribution in [0.25, 0.3) is 11.1 Å². The molecule has 0 fully saturated rings. The molecule has 0 saturated carbocycles. The quantitative estimate of drug-likeness (QED) is 0.334. The van der Waals surface area contributed by atoms with Crippen molar-refractivity contribution in [2.45, 2.75) is 52.4 Å². The predicted octanol–water partition coefficient (Wildman–Crippen LogP) is 5.24. The van der Waals surface area contributed by atoms with E-state index in [2.05, 4.69) is 65.9 Å². The lowest BCUT2D eigenvalue weighted by Crippen LogP contribution is -2.49. The van der Waals surface area contributed by atoms with E-state index in [0.29, 0.717) is 30.1 Å². The Morgan fingerprint density at radius 3 is 2.39 bits per heavy atom. The maximum absolute atomic E-state index is 13.6. The minimum absolute atomic E-state index is 0.0126. The number of likely N-dealkylation sites (N-methyl/N-ethyl adjacent to an activating group) is 1. The van der Waals surface area contributed by atoms with E-state index in [1.54, 1.807) is 23.1 Å². The van der Waals surface area contributed by atoms with Crippen LogP contribution < -0.4 is 15.4 Å². The molecule has 8 nitrogen and oxygen atoms in total. The predicted molar refractivity (Wildman–Crippen MR) is 163 cm³/mol. The average Bonchev–Trinajstić information content (AvgIpc) is 2.95. The Kier molecular flexibility index (Phi) is 10.0. The van der Waals surface area contributed by atoms with E-state index in [4.69, 9.17) is 4.74 Å². The topological polar surface area (TPSA) is 94.1 Å². The molecule has 41 heavy (non-hydrogen) atoms. The zero-order chi connectivity index (χ0) is 29.5. The molecular weight excluding hydrogens is 516 g/mol. The van der Waals surface area contributed by atoms with Crippen LogP contribution in [0.3, 0.4) is 0 Å². The fourth-order valence-electron chi connectivity index (χ4n) is 5.06. The van der Waals surface area contributed by atoms with Gasteiger partial charge in [0.2, 0.25) is 0 Å². The molecule has 218 valence electrons. The summed E-state index contributed by atoms with van der Waals surface area (Å²) >= 11 is 0. The number of fused-ring (bicyclic) bond motifs is 1. The molecule has 4 rings (SSSR count). The van der Waals surface area contributed by atoms with Gasteiger partial charge >= 0.3 is 6.03 Å². The Labute approximate surface area is 243 Å². The first-order valence-corrected chi connectivity index (χ1v) is 14.3. The van der Waals surface area contributed by atoms with Gasteiger partial charge in [-0.3, -0.25) is 9.69 Å². The van der Waals surface area contributed by atoms with Crippen LogP contribution in [0.2, 0.25) is 0 Å². The number of ether oxygens (including phenoxy) is 1. The Bertz CT molecular complexity index is 1310. The van der Waals surface area contributed by atoms with Crippen molar-refractivity contribution in [2.24, 2.45) is 5.92 Å². The number of aliphatic hydroxyl groups is 1. The average molecular weight is 559 g/mol. The van der Waals surface area contributed by atoms with Gasteiger partial charge in [0.1, 0.15) is 11.9 Å². The van der Waals surface area contributed by atoms with Gasteiger partial charge in [-0.2, -0.15) is 0 Å². The number of amides is 3. The molecule has 3 aromatic rings. The van der Waals surface area contributed by atoms with Crippen molar-refractivity contribution in [3.8, 4) is 16.9 Å². The standard InChI is InChI=1S/C33H42N4O4/c1-22(2)34-33(40)35-28-15-16-30-29(17-28)32(39)37(24(4)21-38)18-23(3)31(41-30)20-36(5)19-25-11-13-27(14-12-25)26-9-7-6-8-10-26/h6-17,22-24,31,38H,18-21H2,1-5H3,(H2,34,35,40)/t23-,24+,31+/m0/s1. The third-order valence-electron chi connectivity index (χ3n) is 7.35. The third-order valence-corrected chi connectivity index (χ3v) is 7.35. The Morgan fingerprint density at radius 1 is 1.05 bits per heavy atom. The van der Waals surface area contributed by atoms with E-state index in [9.17, 15) is 14.7 Å². The number of urea groups is 1. The van der Waals surface area contributed by atoms with Crippen molar-refractivity contribution in [1.82, 2.24) is 15.1 Å². The van der Waals surface area contributed by atoms with Gasteiger partial charge < -0.3 is 25.4 Å². The lowest BCUT2D eigenvalue weighted by molar-refractivity contribution is 0.0341. The van der Waals surface area contributed by atoms with Gasteiger partial charge in [0, 0.05) is 37.3 Å². The summed E-state index contributed by atoms with van der Waals surface area (Å²) in [4.78, 5) is 29.9. The number of rotatable bonds is 9. The van der Waals surface area contributed by atoms with Gasteiger partial charge in [-0.25, -0.2) is 4.79 Å². The third kappa shape index (κ3) is 7.86. The fraction of sp³-hybridized carbons (Fsp3) is 0.394. The largest absolute Gasteiger partial charge is 0.488 e. The van der Waals surface area contributed by atoms with Crippen molar-refractivity contribution < 1.29 is 19.4 Å². The van der Waals surface area contributed by atoms with Crippen LogP contribution in [-0.4, -0.2) is 71.8 Å². The molecule has 1 aliphatic heterocycles. The highest BCUT2D eigenvalue weighted by Crippen LogP contribution is 2.31. The van der Waals surface area contributed by atoms with Crippen LogP contribution in [-0.2, 0) is 6.54 Å². The van der Waals surface area contributed by atoms with Gasteiger partial charge in [0.05, 0.1) is 18.2 Å². The molecule has 8 heteroatoms. The number of hydrogen-bond acceptors (Lipinski definition) is 5. The highest BCUT2D eigenvalue weighted by molar-refractivity contribution is 5.99. The highest BCUT2D eigenvalue weighted by atomic mass is 16.5. The molecule has 0 saturated heterocycles. The second-order valence-electron chi connectivity index (χ2n) is 11.3. The lowest BCUT2D eigenvalue weighted by Gasteiger charge is -2.38. The van der Waals surface area contributed by atoms with Crippen LogP contribution in [0.15, 0.2) is 72.8 Å². The molecule has 3 aromatic carbocycles. The molecule has 3 N–H and O–H groups in total. The van der Waals surface area contributed by atoms with E-state index in [-0.39, 0.29) is 42.7 Å². The van der Waals surface area contributed by atoms with Crippen LogP contribution >= 0.6 is 0 Å². The number of nitrogens with one attached hydrogen (secondary N) is 2. The van der Waals surface area contributed by atoms with Crippen molar-refractivity contribution in [3.63, 3.8) is 0 Å². The first-order valence-electron chi connectivity index (χ1n) is 14.3. The second-order valence-corrected chi connectivity index (χ2v) is 11.3. The molecule has 0 unspecified atom stereocenters. The Morgan fingerprint density at radius 2 is 1.73 bits per heavy atom. The summed E-state index contributed by atoms with van der Waals surface area (Å²) in [7, 11) is 2.07. The number of nitrogens with zero attached hydrogens (tertiary/aromatic N) is 2. The number of carbonyl (C=O) groups excluding carboxylic acids is 2. The van der Waals surface area contributed by atoms with Crippen molar-refractivity contribution in [3.05, 3.63) is 83.9 Å². The summed E-state index contributed by atoms with van der Waals surface area (Å²) < 4.78 is 6.51. The maximum Gasteiger partial charge on any atom is 0.319 e. The number of anilines is 1. The fourth-order valence-corrected chi connectivity index (χ4v) is 5.06. The minimum Gasteiger partial charge on any atom is -0.488 e. The molecular formula is C33H42N4O4. The summed E-state index contributed by atoms with van der Waals surface area (Å²) in [6, 6.07) is 23.3. The molecule has 0 bridgehead atoms. The number of hydrogen-bond donors (Lipinski definition) is 3. The normalized spacial score (nSPS) is 17.9. The number of carbonyl (C=O) groups is 2. The maximum atomic E-state index is 13.6. The van der Waals surface area contributed by atoms with Crippen LogP contribution in [0.4, 0.5) is 10.5 Å². The molecule has 3 amide bonds. The summed E-state index contributed by atoms with van der Waals surface area (Å²) in [6.07, 6.45) is -0.202. The summed E-state index contributed by atoms with van der Waals surface area (Å²) in [6.45, 7) is 9.36. The smallest absolute Gasteiger partial charge is 0.319 e. The van der Waals surface area contributed by atoms with E-state index < -0.39 is 0 Å². The van der Waals surface area contributed by atoms with E-state index >= 15 is 0 Å². The molecule has 0 radical (unpaired) electrons. The highest BCUT2D eigenvalue weighted by Gasteiger charge is 2.33. The van der Waals surface area contributed by atoms with Gasteiger partial charge in [-0.05, 0) is 62.7 Å². The summed E-state index contributed by atoms with van der Waals surface area (Å²) in [5.41, 5.74) is 4.44. The lowest BCUT2D eigenvalue weighted by atomic mass is 9.99. The van der Waals surface area contributed by atoms with Crippen LogP contribution in [0.5, 0.6) is 5.75 Å². The van der Waals surface area contributed by atoms with Gasteiger partial charge in [-0.1, -0.05) is 61.5 Å². The number of benzene rings is 3. The van der Waals surface area contributed by atoms with Crippen molar-refractivity contribution in [2.75, 3.05) is 32.1 Å². The van der Waals surface area contributed by atoms with Gasteiger partial charge in [0.25, 0.3) is 5.91 Å². The summed E-state index contributed by atoms with van der Waals surface area (Å²) in [5.74, 6) is 0.252. The Balaban J connectivity index is 1.52. The molecule has 0 spiro atoms. The van der Waals surface area contributed by atoms with Gasteiger partial charge in [-0.15, -0.1) is 0 Å². The van der Waals surface area contributed by atoms with E-state index in [0.717, 1.165) is 6.54 Å². The zero-order valence-electron chi connectivity index (χ0n) is 24.6. The van der Waals surface area contributed by atoms with Crippen LogP contribution in [0.1, 0.15) is 43.6 Å². The summed E-state index contributed by atoms with van der Waals surface area (Å²) in [5, 5.41) is 15.5. The minimum atomic E-state index is -0.363. The van der Waals surface area contributed by atoms with Crippen molar-refractivity contribution in [1.29, 1.82) is 0 Å². The Hall–Kier alpha value is -3.88. The number of aliphatic hydroxyl groups excluding tert-OH is 1. The zero-order valence-corrected chi connectivity index (χ0v) is 24.6. The van der Waals surface area contributed by atoms with E-state index in [1.165, 1.54) is 16.7 Å². The molecule has 0 aromatic heterocycles. The van der Waals surface area contributed by atoms with Crippen LogP contribution in [0, 0.1) is 5.92 Å². The van der Waals surface area contributed by atoms with E-state index in [1.807, 2.05) is 39.0 Å². The first-order chi connectivity index (χ1) is 19.6. The molecule has 0 aliphatic carbocycles. The monoisotopic (exact) mass is 558 g/mol. The van der Waals surface area contributed by atoms with Crippen molar-refractivity contribution >= 4 is 17.6 Å².